The second-order valence-electron chi connectivity index (χ2n) is 6.35. The number of ether oxygens (including phenoxy) is 1. The van der Waals surface area contributed by atoms with E-state index in [0.29, 0.717) is 18.9 Å². The van der Waals surface area contributed by atoms with Gasteiger partial charge in [-0.3, -0.25) is 9.88 Å². The Bertz CT molecular complexity index is 921. The molecule has 0 atom stereocenters. The van der Waals surface area contributed by atoms with Crippen molar-refractivity contribution in [3.63, 3.8) is 0 Å². The number of pyridine rings is 1. The third-order valence-electron chi connectivity index (χ3n) is 4.52. The summed E-state index contributed by atoms with van der Waals surface area (Å²) >= 11 is 0. The molecule has 27 heavy (non-hydrogen) atoms. The second-order valence-corrected chi connectivity index (χ2v) is 6.35. The van der Waals surface area contributed by atoms with Gasteiger partial charge < -0.3 is 4.74 Å². The van der Waals surface area contributed by atoms with Crippen LogP contribution in [-0.4, -0.2) is 33.0 Å². The first-order valence-electron chi connectivity index (χ1n) is 8.69. The molecule has 4 rings (SSSR count). The summed E-state index contributed by atoms with van der Waals surface area (Å²) in [5, 5.41) is 0. The zero-order chi connectivity index (χ0) is 18.6. The van der Waals surface area contributed by atoms with E-state index in [1.807, 2.05) is 30.5 Å². The van der Waals surface area contributed by atoms with Gasteiger partial charge in [0.25, 0.3) is 0 Å². The van der Waals surface area contributed by atoms with Crippen LogP contribution in [0.15, 0.2) is 55.0 Å². The molecule has 1 aromatic carbocycles. The van der Waals surface area contributed by atoms with E-state index in [9.17, 15) is 8.78 Å². The van der Waals surface area contributed by atoms with Gasteiger partial charge in [0.05, 0.1) is 5.69 Å². The van der Waals surface area contributed by atoms with Crippen LogP contribution in [0.25, 0.3) is 11.4 Å². The Labute approximate surface area is 155 Å². The van der Waals surface area contributed by atoms with Gasteiger partial charge >= 0.3 is 6.61 Å². The first kappa shape index (κ1) is 17.5. The predicted molar refractivity (Wildman–Crippen MR) is 96.2 cm³/mol. The number of benzene rings is 1. The molecule has 3 heterocycles. The monoisotopic (exact) mass is 368 g/mol. The van der Waals surface area contributed by atoms with Crippen LogP contribution in [0.4, 0.5) is 8.78 Å². The van der Waals surface area contributed by atoms with Crippen LogP contribution >= 0.6 is 0 Å². The highest BCUT2D eigenvalue weighted by Gasteiger charge is 2.20. The van der Waals surface area contributed by atoms with Crippen molar-refractivity contribution in [2.24, 2.45) is 0 Å². The number of alkyl halides is 2. The summed E-state index contributed by atoms with van der Waals surface area (Å²) in [6.07, 6.45) is 6.09. The normalized spacial score (nSPS) is 14.2. The Morgan fingerprint density at radius 2 is 2.00 bits per heavy atom. The van der Waals surface area contributed by atoms with Crippen LogP contribution in [-0.2, 0) is 19.5 Å². The minimum absolute atomic E-state index is 0.224. The second kappa shape index (κ2) is 7.75. The molecule has 2 aromatic heterocycles. The van der Waals surface area contributed by atoms with Crippen LogP contribution in [0.2, 0.25) is 0 Å². The van der Waals surface area contributed by atoms with Gasteiger partial charge in [-0.15, -0.1) is 0 Å². The average molecular weight is 368 g/mol. The molecule has 0 unspecified atom stereocenters. The van der Waals surface area contributed by atoms with Crippen molar-refractivity contribution >= 4 is 0 Å². The number of aromatic nitrogens is 3. The van der Waals surface area contributed by atoms with Crippen molar-refractivity contribution in [2.75, 3.05) is 6.54 Å². The zero-order valence-corrected chi connectivity index (χ0v) is 14.6. The molecule has 0 spiro atoms. The number of rotatable bonds is 5. The molecular weight excluding hydrogens is 350 g/mol. The molecule has 0 aliphatic carbocycles. The third-order valence-corrected chi connectivity index (χ3v) is 4.52. The molecule has 1 aliphatic heterocycles. The maximum Gasteiger partial charge on any atom is 0.387 e. The topological polar surface area (TPSA) is 51.1 Å². The van der Waals surface area contributed by atoms with Crippen LogP contribution in [0.1, 0.15) is 16.8 Å². The lowest BCUT2D eigenvalue weighted by molar-refractivity contribution is -0.0508. The summed E-state index contributed by atoms with van der Waals surface area (Å²) in [6.45, 7) is -0.828. The van der Waals surface area contributed by atoms with Crippen molar-refractivity contribution in [3.05, 3.63) is 71.8 Å². The van der Waals surface area contributed by atoms with Crippen molar-refractivity contribution in [3.8, 4) is 17.1 Å². The highest BCUT2D eigenvalue weighted by Crippen LogP contribution is 2.25. The van der Waals surface area contributed by atoms with Gasteiger partial charge in [0, 0.05) is 61.3 Å². The number of para-hydroxylation sites is 1. The summed E-state index contributed by atoms with van der Waals surface area (Å²) in [4.78, 5) is 15.4. The fraction of sp³-hybridized carbons (Fsp3) is 0.250. The summed E-state index contributed by atoms with van der Waals surface area (Å²) in [5.41, 5.74) is 3.72. The standard InChI is InChI=1S/C20H18F2N4O/c21-20(22)27-18-6-2-1-4-15(18)12-26-9-7-17-16(13-26)11-24-19(25-17)14-5-3-8-23-10-14/h1-6,8,10-11,20H,7,9,12-13H2. The van der Waals surface area contributed by atoms with Gasteiger partial charge in [-0.05, 0) is 18.2 Å². The Morgan fingerprint density at radius 1 is 1.11 bits per heavy atom. The lowest BCUT2D eigenvalue weighted by Gasteiger charge is -2.28. The summed E-state index contributed by atoms with van der Waals surface area (Å²) in [5.74, 6) is 0.896. The van der Waals surface area contributed by atoms with E-state index in [1.165, 1.54) is 0 Å². The number of hydrogen-bond acceptors (Lipinski definition) is 5. The highest BCUT2D eigenvalue weighted by atomic mass is 19.3. The van der Waals surface area contributed by atoms with E-state index in [1.54, 1.807) is 24.5 Å². The SMILES string of the molecule is FC(F)Oc1ccccc1CN1CCc2nc(-c3cccnc3)ncc2C1. The van der Waals surface area contributed by atoms with Gasteiger partial charge in [-0.25, -0.2) is 9.97 Å². The molecule has 3 aromatic rings. The number of fused-ring (bicyclic) bond motifs is 1. The van der Waals surface area contributed by atoms with Gasteiger partial charge in [-0.2, -0.15) is 8.78 Å². The lowest BCUT2D eigenvalue weighted by atomic mass is 10.1. The minimum atomic E-state index is -2.83. The van der Waals surface area contributed by atoms with E-state index in [-0.39, 0.29) is 5.75 Å². The summed E-state index contributed by atoms with van der Waals surface area (Å²) in [6, 6.07) is 10.7. The van der Waals surface area contributed by atoms with Crippen molar-refractivity contribution in [1.29, 1.82) is 0 Å². The zero-order valence-electron chi connectivity index (χ0n) is 14.6. The maximum atomic E-state index is 12.6. The van der Waals surface area contributed by atoms with E-state index >= 15 is 0 Å². The first-order valence-corrected chi connectivity index (χ1v) is 8.69. The van der Waals surface area contributed by atoms with Crippen LogP contribution in [0.5, 0.6) is 5.75 Å². The van der Waals surface area contributed by atoms with Gasteiger partial charge in [0.1, 0.15) is 5.75 Å². The molecule has 5 nitrogen and oxygen atoms in total. The Morgan fingerprint density at radius 3 is 2.81 bits per heavy atom. The molecule has 0 fully saturated rings. The van der Waals surface area contributed by atoms with Crippen LogP contribution in [0.3, 0.4) is 0 Å². The molecule has 0 radical (unpaired) electrons. The molecule has 0 N–H and O–H groups in total. The number of hydrogen-bond donors (Lipinski definition) is 0. The van der Waals surface area contributed by atoms with Crippen molar-refractivity contribution in [1.82, 2.24) is 19.9 Å². The van der Waals surface area contributed by atoms with E-state index in [0.717, 1.165) is 35.3 Å². The molecule has 7 heteroatoms. The molecule has 0 amide bonds. The predicted octanol–water partition coefficient (Wildman–Crippen LogP) is 3.70. The molecule has 1 aliphatic rings. The lowest BCUT2D eigenvalue weighted by Crippen LogP contribution is -2.31. The Hall–Kier alpha value is -2.93. The summed E-state index contributed by atoms with van der Waals surface area (Å²) in [7, 11) is 0. The quantitative estimate of drug-likeness (QED) is 0.687. The molecular formula is C20H18F2N4O. The maximum absolute atomic E-state index is 12.6. The third kappa shape index (κ3) is 4.09. The first-order chi connectivity index (χ1) is 13.2. The Kier molecular flexibility index (Phi) is 5.02. The minimum Gasteiger partial charge on any atom is -0.434 e. The number of halogens is 2. The average Bonchev–Trinajstić information content (AvgIpc) is 2.69. The smallest absolute Gasteiger partial charge is 0.387 e. The van der Waals surface area contributed by atoms with Crippen LogP contribution in [0, 0.1) is 0 Å². The molecule has 138 valence electrons. The molecule has 0 saturated heterocycles. The summed E-state index contributed by atoms with van der Waals surface area (Å²) < 4.78 is 29.8. The van der Waals surface area contributed by atoms with E-state index < -0.39 is 6.61 Å². The van der Waals surface area contributed by atoms with E-state index in [2.05, 4.69) is 24.6 Å². The molecule has 0 bridgehead atoms. The fourth-order valence-electron chi connectivity index (χ4n) is 3.23. The van der Waals surface area contributed by atoms with Gasteiger partial charge in [0.2, 0.25) is 0 Å². The molecule has 0 saturated carbocycles. The van der Waals surface area contributed by atoms with Gasteiger partial charge in [-0.1, -0.05) is 18.2 Å². The fourth-order valence-corrected chi connectivity index (χ4v) is 3.23. The van der Waals surface area contributed by atoms with Gasteiger partial charge in [0.15, 0.2) is 5.82 Å². The van der Waals surface area contributed by atoms with Crippen LogP contribution < -0.4 is 4.74 Å². The highest BCUT2D eigenvalue weighted by molar-refractivity contribution is 5.53. The van der Waals surface area contributed by atoms with Crippen molar-refractivity contribution < 1.29 is 13.5 Å². The number of nitrogens with zero attached hydrogens (tertiary/aromatic N) is 4. The Balaban J connectivity index is 1.50. The van der Waals surface area contributed by atoms with Crippen molar-refractivity contribution in [2.45, 2.75) is 26.1 Å². The largest absolute Gasteiger partial charge is 0.434 e. The van der Waals surface area contributed by atoms with E-state index in [4.69, 9.17) is 0 Å².